The van der Waals surface area contributed by atoms with Crippen LogP contribution in [0.4, 0.5) is 4.79 Å². The number of hydrogen-bond acceptors (Lipinski definition) is 4. The number of ether oxygens (including phenoxy) is 3. The van der Waals surface area contributed by atoms with Gasteiger partial charge >= 0.3 is 6.09 Å². The van der Waals surface area contributed by atoms with E-state index in [9.17, 15) is 4.79 Å². The summed E-state index contributed by atoms with van der Waals surface area (Å²) in [6.07, 6.45) is -1.42. The Kier molecular flexibility index (Phi) is 5.60. The number of amides is 1. The Hall–Kier alpha value is -1.30. The number of carbonyl (C=O) groups excluding carboxylic acids is 1. The number of nitrogens with two attached hydrogens (primary N) is 1. The van der Waals surface area contributed by atoms with E-state index >= 15 is 0 Å². The minimum absolute atomic E-state index is 0.0359. The predicted octanol–water partition coefficient (Wildman–Crippen LogP) is 2.88. The molecule has 0 saturated carbocycles. The molecule has 0 aromatic heterocycles. The average Bonchev–Trinajstić information content (AvgIpc) is 2.35. The zero-order valence-electron chi connectivity index (χ0n) is 11.2. The highest BCUT2D eigenvalue weighted by Crippen LogP contribution is 2.29. The number of carbonyl (C=O) groups is 1. The van der Waals surface area contributed by atoms with Crippen LogP contribution in [0.5, 0.6) is 0 Å². The minimum atomic E-state index is -0.865. The highest BCUT2D eigenvalue weighted by molar-refractivity contribution is 6.31. The molecule has 0 heterocycles. The number of hydrogen-bond donors (Lipinski definition) is 1. The third-order valence-electron chi connectivity index (χ3n) is 2.55. The van der Waals surface area contributed by atoms with Crippen molar-refractivity contribution in [3.8, 4) is 0 Å². The standard InChI is InChI=1S/C13H18ClNO4/c1-13(2,17-3)19-11(8-18-12(15)16)9-6-4-5-7-10(9)14/h4-7,11H,8H2,1-3H3,(H2,15,16). The van der Waals surface area contributed by atoms with E-state index in [1.807, 2.05) is 6.07 Å². The van der Waals surface area contributed by atoms with E-state index in [0.717, 1.165) is 0 Å². The van der Waals surface area contributed by atoms with Crippen molar-refractivity contribution >= 4 is 17.7 Å². The van der Waals surface area contributed by atoms with Crippen LogP contribution in [0, 0.1) is 0 Å². The first-order chi connectivity index (χ1) is 8.85. The Morgan fingerprint density at radius 3 is 2.58 bits per heavy atom. The average molecular weight is 288 g/mol. The molecule has 2 N–H and O–H groups in total. The zero-order chi connectivity index (χ0) is 14.5. The summed E-state index contributed by atoms with van der Waals surface area (Å²) in [6.45, 7) is 3.47. The third kappa shape index (κ3) is 5.06. The summed E-state index contributed by atoms with van der Waals surface area (Å²) < 4.78 is 15.8. The maximum atomic E-state index is 10.7. The lowest BCUT2D eigenvalue weighted by Gasteiger charge is -2.29. The Labute approximate surface area is 117 Å². The van der Waals surface area contributed by atoms with Gasteiger partial charge in [0, 0.05) is 17.7 Å². The van der Waals surface area contributed by atoms with Gasteiger partial charge in [-0.1, -0.05) is 29.8 Å². The quantitative estimate of drug-likeness (QED) is 0.817. The van der Waals surface area contributed by atoms with E-state index in [1.54, 1.807) is 32.0 Å². The molecule has 106 valence electrons. The Balaban J connectivity index is 2.92. The molecular weight excluding hydrogens is 270 g/mol. The molecule has 1 aromatic rings. The maximum absolute atomic E-state index is 10.7. The molecule has 1 rings (SSSR count). The lowest BCUT2D eigenvalue weighted by Crippen LogP contribution is -2.31. The van der Waals surface area contributed by atoms with Gasteiger partial charge in [0.2, 0.25) is 0 Å². The molecule has 5 nitrogen and oxygen atoms in total. The first kappa shape index (κ1) is 15.8. The summed E-state index contributed by atoms with van der Waals surface area (Å²) in [5.74, 6) is -0.842. The molecule has 6 heteroatoms. The molecule has 0 radical (unpaired) electrons. The second-order valence-corrected chi connectivity index (χ2v) is 4.77. The van der Waals surface area contributed by atoms with E-state index in [1.165, 1.54) is 7.11 Å². The van der Waals surface area contributed by atoms with E-state index in [0.29, 0.717) is 10.6 Å². The van der Waals surface area contributed by atoms with Crippen LogP contribution in [0.25, 0.3) is 0 Å². The van der Waals surface area contributed by atoms with Crippen LogP contribution in [-0.2, 0) is 14.2 Å². The molecule has 1 amide bonds. The molecular formula is C13H18ClNO4. The van der Waals surface area contributed by atoms with Gasteiger partial charge in [-0.25, -0.2) is 4.79 Å². The minimum Gasteiger partial charge on any atom is -0.447 e. The van der Waals surface area contributed by atoms with Crippen LogP contribution < -0.4 is 5.73 Å². The van der Waals surface area contributed by atoms with Crippen molar-refractivity contribution in [3.63, 3.8) is 0 Å². The predicted molar refractivity (Wildman–Crippen MR) is 71.9 cm³/mol. The van der Waals surface area contributed by atoms with Gasteiger partial charge in [-0.3, -0.25) is 0 Å². The second-order valence-electron chi connectivity index (χ2n) is 4.36. The summed E-state index contributed by atoms with van der Waals surface area (Å²) in [5, 5.41) is 0.521. The SMILES string of the molecule is COC(C)(C)OC(COC(N)=O)c1ccccc1Cl. The summed E-state index contributed by atoms with van der Waals surface area (Å²) in [6, 6.07) is 7.15. The Morgan fingerprint density at radius 2 is 2.05 bits per heavy atom. The number of primary amides is 1. The van der Waals surface area contributed by atoms with Crippen molar-refractivity contribution in [3.05, 3.63) is 34.9 Å². The molecule has 1 atom stereocenters. The van der Waals surface area contributed by atoms with E-state index < -0.39 is 18.0 Å². The van der Waals surface area contributed by atoms with Gasteiger partial charge in [0.05, 0.1) is 0 Å². The topological polar surface area (TPSA) is 70.8 Å². The van der Waals surface area contributed by atoms with Crippen LogP contribution in [-0.4, -0.2) is 25.6 Å². The van der Waals surface area contributed by atoms with Crippen LogP contribution in [0.3, 0.4) is 0 Å². The van der Waals surface area contributed by atoms with Gasteiger partial charge in [-0.15, -0.1) is 0 Å². The fourth-order valence-electron chi connectivity index (χ4n) is 1.47. The smallest absolute Gasteiger partial charge is 0.404 e. The first-order valence-electron chi connectivity index (χ1n) is 5.75. The number of methoxy groups -OCH3 is 1. The molecule has 19 heavy (non-hydrogen) atoms. The van der Waals surface area contributed by atoms with Crippen LogP contribution in [0.2, 0.25) is 5.02 Å². The second kappa shape index (κ2) is 6.75. The molecule has 0 saturated heterocycles. The van der Waals surface area contributed by atoms with Gasteiger partial charge in [0.25, 0.3) is 0 Å². The monoisotopic (exact) mass is 287 g/mol. The summed E-state index contributed by atoms with van der Waals surface area (Å²) in [4.78, 5) is 10.7. The largest absolute Gasteiger partial charge is 0.447 e. The van der Waals surface area contributed by atoms with Crippen molar-refractivity contribution in [2.24, 2.45) is 5.73 Å². The molecule has 0 aliphatic rings. The fraction of sp³-hybridized carbons (Fsp3) is 0.462. The van der Waals surface area contributed by atoms with Crippen molar-refractivity contribution in [1.82, 2.24) is 0 Å². The van der Waals surface area contributed by atoms with E-state index in [2.05, 4.69) is 0 Å². The van der Waals surface area contributed by atoms with Crippen LogP contribution in [0.1, 0.15) is 25.5 Å². The first-order valence-corrected chi connectivity index (χ1v) is 6.13. The molecule has 1 aromatic carbocycles. The van der Waals surface area contributed by atoms with Crippen molar-refractivity contribution in [2.75, 3.05) is 13.7 Å². The normalized spacial score (nSPS) is 13.1. The molecule has 0 bridgehead atoms. The van der Waals surface area contributed by atoms with Gasteiger partial charge < -0.3 is 19.9 Å². The fourth-order valence-corrected chi connectivity index (χ4v) is 1.73. The van der Waals surface area contributed by atoms with Gasteiger partial charge in [0.1, 0.15) is 12.7 Å². The summed E-state index contributed by atoms with van der Waals surface area (Å²) >= 11 is 6.11. The van der Waals surface area contributed by atoms with Gasteiger partial charge in [-0.05, 0) is 19.9 Å². The molecule has 0 aliphatic carbocycles. The van der Waals surface area contributed by atoms with E-state index in [4.69, 9.17) is 31.5 Å². The summed E-state index contributed by atoms with van der Waals surface area (Å²) in [5.41, 5.74) is 5.68. The van der Waals surface area contributed by atoms with Crippen molar-refractivity contribution in [2.45, 2.75) is 25.7 Å². The maximum Gasteiger partial charge on any atom is 0.404 e. The lowest BCUT2D eigenvalue weighted by atomic mass is 10.1. The Bertz CT molecular complexity index is 436. The number of rotatable bonds is 6. The highest BCUT2D eigenvalue weighted by Gasteiger charge is 2.26. The zero-order valence-corrected chi connectivity index (χ0v) is 11.9. The molecule has 0 aliphatic heterocycles. The molecule has 0 spiro atoms. The van der Waals surface area contributed by atoms with Crippen molar-refractivity contribution < 1.29 is 19.0 Å². The van der Waals surface area contributed by atoms with Gasteiger partial charge in [0.15, 0.2) is 5.79 Å². The van der Waals surface area contributed by atoms with E-state index in [-0.39, 0.29) is 6.61 Å². The van der Waals surface area contributed by atoms with Gasteiger partial charge in [-0.2, -0.15) is 0 Å². The lowest BCUT2D eigenvalue weighted by molar-refractivity contribution is -0.231. The van der Waals surface area contributed by atoms with Crippen LogP contribution >= 0.6 is 11.6 Å². The highest BCUT2D eigenvalue weighted by atomic mass is 35.5. The summed E-state index contributed by atoms with van der Waals surface area (Å²) in [7, 11) is 1.53. The number of benzene rings is 1. The van der Waals surface area contributed by atoms with Crippen LogP contribution in [0.15, 0.2) is 24.3 Å². The third-order valence-corrected chi connectivity index (χ3v) is 2.89. The number of halogens is 1. The Morgan fingerprint density at radius 1 is 1.42 bits per heavy atom. The van der Waals surface area contributed by atoms with Crippen molar-refractivity contribution in [1.29, 1.82) is 0 Å². The molecule has 1 unspecified atom stereocenters. The molecule has 0 fully saturated rings.